The van der Waals surface area contributed by atoms with E-state index >= 15 is 0 Å². The largest absolute Gasteiger partial charge is 0.379 e. The molecular weight excluding hydrogens is 385 g/mol. The number of nitrogens with one attached hydrogen (secondary N) is 1. The Balaban J connectivity index is 1.66. The third-order valence-corrected chi connectivity index (χ3v) is 6.05. The van der Waals surface area contributed by atoms with Crippen LogP contribution in [0.25, 0.3) is 0 Å². The van der Waals surface area contributed by atoms with Crippen LogP contribution in [0.3, 0.4) is 0 Å². The van der Waals surface area contributed by atoms with Gasteiger partial charge in [-0.1, -0.05) is 24.3 Å². The van der Waals surface area contributed by atoms with Crippen molar-refractivity contribution in [3.8, 4) is 0 Å². The molecule has 28 heavy (non-hydrogen) atoms. The monoisotopic (exact) mass is 403 g/mol. The Labute approximate surface area is 161 Å². The highest BCUT2D eigenvalue weighted by atomic mass is 32.2. The molecule has 2 heterocycles. The third kappa shape index (κ3) is 3.56. The number of rotatable bonds is 3. The van der Waals surface area contributed by atoms with Gasteiger partial charge in [0, 0.05) is 18.7 Å². The number of hydrogen-bond acceptors (Lipinski definition) is 5. The Morgan fingerprint density at radius 3 is 2.50 bits per heavy atom. The van der Waals surface area contributed by atoms with Crippen molar-refractivity contribution in [1.82, 2.24) is 10.2 Å². The molecule has 2 aliphatic rings. The number of amidine groups is 1. The van der Waals surface area contributed by atoms with Crippen molar-refractivity contribution in [3.05, 3.63) is 65.5 Å². The summed E-state index contributed by atoms with van der Waals surface area (Å²) >= 11 is 0. The first-order chi connectivity index (χ1) is 13.5. The minimum absolute atomic E-state index is 0.000899. The molecule has 1 saturated heterocycles. The average molecular weight is 403 g/mol. The predicted octanol–water partition coefficient (Wildman–Crippen LogP) is 1.46. The number of benzene rings is 2. The number of sulfonamides is 1. The maximum Gasteiger partial charge on any atom is 0.285 e. The summed E-state index contributed by atoms with van der Waals surface area (Å²) in [7, 11) is -3.83. The Morgan fingerprint density at radius 2 is 1.79 bits per heavy atom. The number of carbonyl (C=O) groups excluding carboxylic acids is 1. The third-order valence-electron chi connectivity index (χ3n) is 4.72. The molecule has 0 saturated carbocycles. The van der Waals surface area contributed by atoms with Crippen LogP contribution in [-0.4, -0.2) is 51.4 Å². The SMILES string of the molecule is O=C(NC1=NS(=O)(=O)c2ccccc21)C(c1ccc(F)cc1)N1CCOCC1. The Morgan fingerprint density at radius 1 is 1.11 bits per heavy atom. The summed E-state index contributed by atoms with van der Waals surface area (Å²) in [6.45, 7) is 2.00. The number of carbonyl (C=O) groups is 1. The van der Waals surface area contributed by atoms with E-state index < -0.39 is 27.8 Å². The lowest BCUT2D eigenvalue weighted by Gasteiger charge is -2.33. The van der Waals surface area contributed by atoms with Crippen molar-refractivity contribution in [1.29, 1.82) is 0 Å². The molecule has 146 valence electrons. The van der Waals surface area contributed by atoms with E-state index in [0.717, 1.165) is 0 Å². The number of morpholine rings is 1. The van der Waals surface area contributed by atoms with E-state index in [-0.39, 0.29) is 10.7 Å². The van der Waals surface area contributed by atoms with Gasteiger partial charge in [0.2, 0.25) is 5.91 Å². The molecule has 2 aromatic rings. The minimum atomic E-state index is -3.83. The molecule has 7 nitrogen and oxygen atoms in total. The number of amides is 1. The van der Waals surface area contributed by atoms with E-state index in [4.69, 9.17) is 4.74 Å². The second kappa shape index (κ2) is 7.42. The molecule has 0 radical (unpaired) electrons. The minimum Gasteiger partial charge on any atom is -0.379 e. The lowest BCUT2D eigenvalue weighted by atomic mass is 10.0. The number of fused-ring (bicyclic) bond motifs is 1. The zero-order valence-corrected chi connectivity index (χ0v) is 15.7. The van der Waals surface area contributed by atoms with Gasteiger partial charge in [-0.2, -0.15) is 8.42 Å². The van der Waals surface area contributed by atoms with Crippen molar-refractivity contribution in [3.63, 3.8) is 0 Å². The number of nitrogens with zero attached hydrogens (tertiary/aromatic N) is 2. The smallest absolute Gasteiger partial charge is 0.285 e. The van der Waals surface area contributed by atoms with Crippen molar-refractivity contribution in [2.75, 3.05) is 26.3 Å². The van der Waals surface area contributed by atoms with Crippen LogP contribution >= 0.6 is 0 Å². The molecule has 1 amide bonds. The summed E-state index contributed by atoms with van der Waals surface area (Å²) in [6, 6.07) is 11.3. The van der Waals surface area contributed by atoms with Crippen LogP contribution in [0, 0.1) is 5.82 Å². The first-order valence-electron chi connectivity index (χ1n) is 8.78. The first kappa shape index (κ1) is 18.7. The molecule has 0 aromatic heterocycles. The molecule has 9 heteroatoms. The zero-order chi connectivity index (χ0) is 19.7. The highest BCUT2D eigenvalue weighted by molar-refractivity contribution is 7.90. The van der Waals surface area contributed by atoms with Gasteiger partial charge in [0.15, 0.2) is 5.84 Å². The summed E-state index contributed by atoms with van der Waals surface area (Å²) in [5.74, 6) is -0.829. The van der Waals surface area contributed by atoms with Crippen LogP contribution in [0.15, 0.2) is 57.8 Å². The zero-order valence-electron chi connectivity index (χ0n) is 14.8. The molecule has 2 aromatic carbocycles. The van der Waals surface area contributed by atoms with E-state index in [0.29, 0.717) is 37.4 Å². The van der Waals surface area contributed by atoms with Gasteiger partial charge >= 0.3 is 0 Å². The van der Waals surface area contributed by atoms with E-state index in [1.165, 1.54) is 18.2 Å². The second-order valence-corrected chi connectivity index (χ2v) is 8.08. The first-order valence-corrected chi connectivity index (χ1v) is 10.2. The fraction of sp³-hybridized carbons (Fsp3) is 0.263. The summed E-state index contributed by atoms with van der Waals surface area (Å²) < 4.78 is 46.9. The van der Waals surface area contributed by atoms with Crippen molar-refractivity contribution < 1.29 is 22.3 Å². The number of hydrogen-bond donors (Lipinski definition) is 1. The number of ether oxygens (including phenoxy) is 1. The quantitative estimate of drug-likeness (QED) is 0.839. The van der Waals surface area contributed by atoms with E-state index in [2.05, 4.69) is 9.71 Å². The van der Waals surface area contributed by atoms with Crippen LogP contribution in [0.2, 0.25) is 0 Å². The Kier molecular flexibility index (Phi) is 4.96. The molecule has 0 bridgehead atoms. The molecule has 1 fully saturated rings. The Bertz CT molecular complexity index is 1030. The van der Waals surface area contributed by atoms with Crippen molar-refractivity contribution in [2.45, 2.75) is 10.9 Å². The van der Waals surface area contributed by atoms with Gasteiger partial charge in [-0.3, -0.25) is 9.69 Å². The summed E-state index contributed by atoms with van der Waals surface area (Å²) in [5, 5.41) is 2.66. The molecule has 2 aliphatic heterocycles. The highest BCUT2D eigenvalue weighted by Gasteiger charge is 2.34. The van der Waals surface area contributed by atoms with Crippen LogP contribution in [0.4, 0.5) is 4.39 Å². The topological polar surface area (TPSA) is 88.1 Å². The lowest BCUT2D eigenvalue weighted by molar-refractivity contribution is -0.127. The fourth-order valence-corrected chi connectivity index (χ4v) is 4.57. The maximum absolute atomic E-state index is 13.4. The highest BCUT2D eigenvalue weighted by Crippen LogP contribution is 2.27. The standard InChI is InChI=1S/C19H18FN3O4S/c20-14-7-5-13(6-8-14)17(23-9-11-27-12-10-23)19(24)21-18-15-3-1-2-4-16(15)28(25,26)22-18/h1-8,17H,9-12H2,(H,21,22,24). The van der Waals surface area contributed by atoms with Crippen LogP contribution in [-0.2, 0) is 19.6 Å². The molecule has 0 aliphatic carbocycles. The van der Waals surface area contributed by atoms with Gasteiger partial charge in [0.25, 0.3) is 10.0 Å². The van der Waals surface area contributed by atoms with Crippen LogP contribution < -0.4 is 5.32 Å². The molecule has 0 spiro atoms. The molecule has 1 N–H and O–H groups in total. The molecule has 1 atom stereocenters. The van der Waals surface area contributed by atoms with Gasteiger partial charge in [-0.05, 0) is 29.8 Å². The molecule has 1 unspecified atom stereocenters. The average Bonchev–Trinajstić information content (AvgIpc) is 2.95. The summed E-state index contributed by atoms with van der Waals surface area (Å²) in [4.78, 5) is 15.1. The Hall–Kier alpha value is -2.62. The van der Waals surface area contributed by atoms with Gasteiger partial charge in [0.05, 0.1) is 13.2 Å². The maximum atomic E-state index is 13.4. The van der Waals surface area contributed by atoms with Gasteiger partial charge < -0.3 is 10.1 Å². The van der Waals surface area contributed by atoms with Crippen molar-refractivity contribution >= 4 is 21.8 Å². The van der Waals surface area contributed by atoms with Gasteiger partial charge in [0.1, 0.15) is 16.8 Å². The lowest BCUT2D eigenvalue weighted by Crippen LogP contribution is -2.47. The van der Waals surface area contributed by atoms with Gasteiger partial charge in [-0.15, -0.1) is 4.40 Å². The van der Waals surface area contributed by atoms with E-state index in [1.807, 2.05) is 4.90 Å². The summed E-state index contributed by atoms with van der Waals surface area (Å²) in [5.41, 5.74) is 0.964. The van der Waals surface area contributed by atoms with E-state index in [9.17, 15) is 17.6 Å². The molecule has 4 rings (SSSR count). The second-order valence-electron chi connectivity index (χ2n) is 6.50. The predicted molar refractivity (Wildman–Crippen MR) is 99.8 cm³/mol. The van der Waals surface area contributed by atoms with Crippen molar-refractivity contribution in [2.24, 2.45) is 4.40 Å². The molecular formula is C19H18FN3O4S. The normalized spacial score (nSPS) is 19.5. The van der Waals surface area contributed by atoms with E-state index in [1.54, 1.807) is 30.3 Å². The van der Waals surface area contributed by atoms with Crippen LogP contribution in [0.5, 0.6) is 0 Å². The van der Waals surface area contributed by atoms with Crippen LogP contribution in [0.1, 0.15) is 17.2 Å². The van der Waals surface area contributed by atoms with Gasteiger partial charge in [-0.25, -0.2) is 4.39 Å². The fourth-order valence-electron chi connectivity index (χ4n) is 3.39. The number of halogens is 1. The summed E-state index contributed by atoms with van der Waals surface area (Å²) in [6.07, 6.45) is 0.